The fraction of sp³-hybridized carbons (Fsp3) is 0.778. The Hall–Kier alpha value is -1.10. The van der Waals surface area contributed by atoms with Crippen LogP contribution in [-0.4, -0.2) is 36.6 Å². The van der Waals surface area contributed by atoms with E-state index in [2.05, 4.69) is 22.4 Å². The van der Waals surface area contributed by atoms with Crippen LogP contribution in [0.3, 0.4) is 0 Å². The van der Waals surface area contributed by atoms with E-state index in [1.165, 1.54) is 0 Å². The van der Waals surface area contributed by atoms with Crippen molar-refractivity contribution in [3.63, 3.8) is 0 Å². The van der Waals surface area contributed by atoms with Crippen LogP contribution in [0.25, 0.3) is 0 Å². The molecule has 1 N–H and O–H groups in total. The Morgan fingerprint density at radius 3 is 3.00 bits per heavy atom. The van der Waals surface area contributed by atoms with Crippen LogP contribution in [0.4, 0.5) is 0 Å². The van der Waals surface area contributed by atoms with Gasteiger partial charge in [-0.25, -0.2) is 0 Å². The van der Waals surface area contributed by atoms with Crippen molar-refractivity contribution in [3.8, 4) is 12.1 Å². The monoisotopic (exact) mass is 178 g/mol. The molecule has 13 heavy (non-hydrogen) atoms. The van der Waals surface area contributed by atoms with Crippen molar-refractivity contribution in [2.75, 3.05) is 19.6 Å². The zero-order valence-corrected chi connectivity index (χ0v) is 7.82. The van der Waals surface area contributed by atoms with Crippen molar-refractivity contribution in [1.29, 1.82) is 10.5 Å². The van der Waals surface area contributed by atoms with Gasteiger partial charge in [-0.1, -0.05) is 0 Å². The van der Waals surface area contributed by atoms with Gasteiger partial charge in [0.05, 0.1) is 18.6 Å². The van der Waals surface area contributed by atoms with Gasteiger partial charge in [0, 0.05) is 25.7 Å². The van der Waals surface area contributed by atoms with Crippen LogP contribution in [0.1, 0.15) is 13.3 Å². The Bertz CT molecular complexity index is 237. The Balaban J connectivity index is 2.55. The molecular weight excluding hydrogens is 164 g/mol. The van der Waals surface area contributed by atoms with Crippen LogP contribution in [0.2, 0.25) is 0 Å². The highest BCUT2D eigenvalue weighted by molar-refractivity contribution is 4.99. The molecule has 0 aromatic rings. The lowest BCUT2D eigenvalue weighted by atomic mass is 10.1. The average Bonchev–Trinajstić information content (AvgIpc) is 2.18. The number of hydrogen-bond donors (Lipinski definition) is 1. The molecule has 4 heteroatoms. The van der Waals surface area contributed by atoms with Gasteiger partial charge in [-0.2, -0.15) is 10.5 Å². The molecule has 2 atom stereocenters. The fourth-order valence-electron chi connectivity index (χ4n) is 1.62. The SMILES string of the molecule is CC(CC#N)N1CCNCC1C#N. The number of nitrogens with zero attached hydrogens (tertiary/aromatic N) is 3. The molecule has 70 valence electrons. The molecule has 1 heterocycles. The van der Waals surface area contributed by atoms with Crippen LogP contribution < -0.4 is 5.32 Å². The molecule has 0 spiro atoms. The Morgan fingerprint density at radius 2 is 2.38 bits per heavy atom. The maximum absolute atomic E-state index is 8.86. The third-order valence-corrected chi connectivity index (χ3v) is 2.39. The van der Waals surface area contributed by atoms with Crippen LogP contribution >= 0.6 is 0 Å². The summed E-state index contributed by atoms with van der Waals surface area (Å²) < 4.78 is 0. The maximum Gasteiger partial charge on any atom is 0.111 e. The second-order valence-corrected chi connectivity index (χ2v) is 3.30. The van der Waals surface area contributed by atoms with E-state index in [0.717, 1.165) is 13.1 Å². The number of nitriles is 2. The van der Waals surface area contributed by atoms with Crippen molar-refractivity contribution >= 4 is 0 Å². The predicted molar refractivity (Wildman–Crippen MR) is 48.7 cm³/mol. The highest BCUT2D eigenvalue weighted by Gasteiger charge is 2.25. The number of hydrogen-bond acceptors (Lipinski definition) is 4. The first kappa shape index (κ1) is 9.98. The largest absolute Gasteiger partial charge is 0.313 e. The number of piperazine rings is 1. The summed E-state index contributed by atoms with van der Waals surface area (Å²) in [5, 5.41) is 20.6. The molecule has 1 aliphatic rings. The van der Waals surface area contributed by atoms with Gasteiger partial charge in [-0.3, -0.25) is 4.90 Å². The third kappa shape index (κ3) is 2.42. The van der Waals surface area contributed by atoms with E-state index in [1.54, 1.807) is 0 Å². The molecule has 0 aromatic heterocycles. The van der Waals surface area contributed by atoms with Crippen molar-refractivity contribution < 1.29 is 0 Å². The van der Waals surface area contributed by atoms with E-state index in [0.29, 0.717) is 13.0 Å². The van der Waals surface area contributed by atoms with Crippen LogP contribution in [0.5, 0.6) is 0 Å². The molecule has 0 aromatic carbocycles. The summed E-state index contributed by atoms with van der Waals surface area (Å²) in [6, 6.07) is 4.50. The summed E-state index contributed by atoms with van der Waals surface area (Å²) >= 11 is 0. The van der Waals surface area contributed by atoms with E-state index in [-0.39, 0.29) is 12.1 Å². The predicted octanol–water partition coefficient (Wildman–Crippen LogP) is 0.0860. The highest BCUT2D eigenvalue weighted by Crippen LogP contribution is 2.09. The second-order valence-electron chi connectivity index (χ2n) is 3.30. The molecule has 1 fully saturated rings. The van der Waals surface area contributed by atoms with Crippen LogP contribution in [-0.2, 0) is 0 Å². The summed E-state index contributed by atoms with van der Waals surface area (Å²) in [5.74, 6) is 0. The first-order valence-electron chi connectivity index (χ1n) is 4.52. The normalized spacial score (nSPS) is 25.9. The van der Waals surface area contributed by atoms with Gasteiger partial charge < -0.3 is 5.32 Å². The summed E-state index contributed by atoms with van der Waals surface area (Å²) in [5.41, 5.74) is 0. The zero-order chi connectivity index (χ0) is 9.68. The second kappa shape index (κ2) is 4.81. The summed E-state index contributed by atoms with van der Waals surface area (Å²) in [4.78, 5) is 2.10. The summed E-state index contributed by atoms with van der Waals surface area (Å²) in [6.45, 7) is 4.49. The maximum atomic E-state index is 8.86. The van der Waals surface area contributed by atoms with E-state index in [4.69, 9.17) is 10.5 Å². The molecule has 0 bridgehead atoms. The van der Waals surface area contributed by atoms with E-state index in [9.17, 15) is 0 Å². The first-order valence-corrected chi connectivity index (χ1v) is 4.52. The topological polar surface area (TPSA) is 62.9 Å². The third-order valence-electron chi connectivity index (χ3n) is 2.39. The van der Waals surface area contributed by atoms with Crippen molar-refractivity contribution in [1.82, 2.24) is 10.2 Å². The van der Waals surface area contributed by atoms with Gasteiger partial charge in [0.2, 0.25) is 0 Å². The van der Waals surface area contributed by atoms with E-state index in [1.807, 2.05) is 6.92 Å². The standard InChI is InChI=1S/C9H14N4/c1-8(2-3-10)13-5-4-12-7-9(13)6-11/h8-9,12H,2,4-5,7H2,1H3. The number of rotatable bonds is 2. The molecular formula is C9H14N4. The molecule has 2 unspecified atom stereocenters. The molecule has 1 saturated heterocycles. The molecule has 0 radical (unpaired) electrons. The summed E-state index contributed by atoms with van der Waals surface area (Å²) in [7, 11) is 0. The Morgan fingerprint density at radius 1 is 1.62 bits per heavy atom. The molecule has 0 aliphatic carbocycles. The van der Waals surface area contributed by atoms with Crippen molar-refractivity contribution in [2.24, 2.45) is 0 Å². The van der Waals surface area contributed by atoms with Gasteiger partial charge in [0.1, 0.15) is 6.04 Å². The molecule has 0 saturated carbocycles. The minimum absolute atomic E-state index is 0.0721. The average molecular weight is 178 g/mol. The summed E-state index contributed by atoms with van der Waals surface area (Å²) in [6.07, 6.45) is 0.498. The molecule has 0 amide bonds. The van der Waals surface area contributed by atoms with E-state index < -0.39 is 0 Å². The van der Waals surface area contributed by atoms with Crippen molar-refractivity contribution in [2.45, 2.75) is 25.4 Å². The lowest BCUT2D eigenvalue weighted by Gasteiger charge is -2.35. The van der Waals surface area contributed by atoms with Crippen LogP contribution in [0.15, 0.2) is 0 Å². The van der Waals surface area contributed by atoms with Crippen molar-refractivity contribution in [3.05, 3.63) is 0 Å². The molecule has 4 nitrogen and oxygen atoms in total. The fourth-order valence-corrected chi connectivity index (χ4v) is 1.62. The smallest absolute Gasteiger partial charge is 0.111 e. The van der Waals surface area contributed by atoms with Gasteiger partial charge in [-0.15, -0.1) is 0 Å². The lowest BCUT2D eigenvalue weighted by Crippen LogP contribution is -2.53. The minimum atomic E-state index is -0.0721. The molecule has 1 aliphatic heterocycles. The Labute approximate surface area is 78.7 Å². The molecule has 1 rings (SSSR count). The number of nitrogens with one attached hydrogen (secondary N) is 1. The first-order chi connectivity index (χ1) is 6.29. The van der Waals surface area contributed by atoms with Gasteiger partial charge in [-0.05, 0) is 6.92 Å². The van der Waals surface area contributed by atoms with Crippen LogP contribution in [0, 0.1) is 22.7 Å². The zero-order valence-electron chi connectivity index (χ0n) is 7.82. The quantitative estimate of drug-likeness (QED) is 0.650. The Kier molecular flexibility index (Phi) is 3.70. The minimum Gasteiger partial charge on any atom is -0.313 e. The highest BCUT2D eigenvalue weighted by atomic mass is 15.2. The van der Waals surface area contributed by atoms with Gasteiger partial charge in [0.25, 0.3) is 0 Å². The van der Waals surface area contributed by atoms with E-state index >= 15 is 0 Å². The lowest BCUT2D eigenvalue weighted by molar-refractivity contribution is 0.148. The van der Waals surface area contributed by atoms with Gasteiger partial charge >= 0.3 is 0 Å². The van der Waals surface area contributed by atoms with Gasteiger partial charge in [0.15, 0.2) is 0 Å².